The summed E-state index contributed by atoms with van der Waals surface area (Å²) in [6, 6.07) is 0. The van der Waals surface area contributed by atoms with Crippen LogP contribution in [-0.4, -0.2) is 84.1 Å². The number of hydrogen-bond donors (Lipinski definition) is 1. The largest absolute Gasteiger partial charge is 0.379 e. The van der Waals surface area contributed by atoms with Crippen molar-refractivity contribution in [1.82, 2.24) is 25.1 Å². The summed E-state index contributed by atoms with van der Waals surface area (Å²) in [4.78, 5) is 37.1. The Labute approximate surface area is 174 Å². The second kappa shape index (κ2) is 14.0. The van der Waals surface area contributed by atoms with Crippen molar-refractivity contribution >= 4 is 11.8 Å². The molecule has 0 spiro atoms. The van der Waals surface area contributed by atoms with Crippen molar-refractivity contribution in [2.75, 3.05) is 52.5 Å². The Bertz CT molecular complexity index is 593. The van der Waals surface area contributed by atoms with Gasteiger partial charge in [0.15, 0.2) is 0 Å². The van der Waals surface area contributed by atoms with Crippen LogP contribution >= 0.6 is 0 Å². The van der Waals surface area contributed by atoms with Crippen LogP contribution in [0.1, 0.15) is 55.9 Å². The van der Waals surface area contributed by atoms with Crippen molar-refractivity contribution in [3.8, 4) is 0 Å². The number of carbonyl (C=O) groups excluding carboxylic acids is 2. The molecule has 2 heterocycles. The van der Waals surface area contributed by atoms with Crippen molar-refractivity contribution in [3.05, 3.63) is 24.3 Å². The van der Waals surface area contributed by atoms with Gasteiger partial charge >= 0.3 is 0 Å². The first kappa shape index (κ1) is 23.2. The molecule has 0 unspecified atom stereocenters. The zero-order valence-electron chi connectivity index (χ0n) is 17.6. The molecule has 0 aromatic carbocycles. The molecular weight excluding hydrogens is 370 g/mol. The molecule has 8 nitrogen and oxygen atoms in total. The molecule has 0 radical (unpaired) electrons. The van der Waals surface area contributed by atoms with E-state index in [9.17, 15) is 9.59 Å². The van der Waals surface area contributed by atoms with Crippen LogP contribution in [0.5, 0.6) is 0 Å². The minimum Gasteiger partial charge on any atom is -0.379 e. The van der Waals surface area contributed by atoms with Gasteiger partial charge in [0.05, 0.1) is 19.4 Å². The van der Waals surface area contributed by atoms with Gasteiger partial charge in [0.2, 0.25) is 5.91 Å². The second-order valence-electron chi connectivity index (χ2n) is 7.35. The molecule has 1 N–H and O–H groups in total. The molecule has 1 aliphatic heterocycles. The molecule has 1 fully saturated rings. The van der Waals surface area contributed by atoms with Gasteiger partial charge in [0.25, 0.3) is 5.91 Å². The molecule has 1 aliphatic rings. The molecule has 29 heavy (non-hydrogen) atoms. The minimum absolute atomic E-state index is 0.0162. The molecule has 1 aromatic rings. The van der Waals surface area contributed by atoms with E-state index in [-0.39, 0.29) is 11.8 Å². The van der Waals surface area contributed by atoms with Gasteiger partial charge in [-0.05, 0) is 19.4 Å². The van der Waals surface area contributed by atoms with Crippen LogP contribution < -0.4 is 5.32 Å². The molecule has 0 saturated carbocycles. The Kier molecular flexibility index (Phi) is 11.2. The van der Waals surface area contributed by atoms with E-state index in [0.29, 0.717) is 31.7 Å². The minimum atomic E-state index is -0.158. The first-order valence-corrected chi connectivity index (χ1v) is 10.8. The number of amides is 2. The summed E-state index contributed by atoms with van der Waals surface area (Å²) in [5.41, 5.74) is 0.328. The monoisotopic (exact) mass is 405 g/mol. The van der Waals surface area contributed by atoms with Gasteiger partial charge in [-0.2, -0.15) is 0 Å². The maximum Gasteiger partial charge on any atom is 0.274 e. The summed E-state index contributed by atoms with van der Waals surface area (Å²) in [6.07, 6.45) is 10.1. The molecule has 2 amide bonds. The van der Waals surface area contributed by atoms with Gasteiger partial charge < -0.3 is 15.0 Å². The third kappa shape index (κ3) is 9.32. The lowest BCUT2D eigenvalue weighted by Crippen LogP contribution is -2.39. The van der Waals surface area contributed by atoms with Gasteiger partial charge in [0, 0.05) is 51.5 Å². The van der Waals surface area contributed by atoms with Gasteiger partial charge in [-0.25, -0.2) is 4.98 Å². The zero-order valence-corrected chi connectivity index (χ0v) is 17.6. The summed E-state index contributed by atoms with van der Waals surface area (Å²) in [7, 11) is 0. The Balaban J connectivity index is 1.71. The highest BCUT2D eigenvalue weighted by Gasteiger charge is 2.18. The SMILES string of the molecule is CCCCCCN(CCC(=O)NCCCN1CCOCC1)C(=O)c1cnccn1. The molecule has 2 rings (SSSR count). The second-order valence-corrected chi connectivity index (χ2v) is 7.35. The number of morpholine rings is 1. The number of rotatable bonds is 13. The predicted octanol–water partition coefficient (Wildman–Crippen LogP) is 1.73. The number of hydrogen-bond acceptors (Lipinski definition) is 6. The fourth-order valence-corrected chi connectivity index (χ4v) is 3.30. The van der Waals surface area contributed by atoms with E-state index in [2.05, 4.69) is 27.1 Å². The highest BCUT2D eigenvalue weighted by molar-refractivity contribution is 5.92. The number of nitrogens with one attached hydrogen (secondary N) is 1. The lowest BCUT2D eigenvalue weighted by atomic mass is 10.2. The maximum absolute atomic E-state index is 12.7. The van der Waals surface area contributed by atoms with E-state index in [1.165, 1.54) is 12.4 Å². The standard InChI is InChI=1S/C21H35N5O3/c1-2-3-4-5-12-26(21(28)19-18-22-9-10-23-19)13-7-20(27)24-8-6-11-25-14-16-29-17-15-25/h9-10,18H,2-8,11-17H2,1H3,(H,24,27). The molecule has 0 atom stereocenters. The zero-order chi connectivity index (χ0) is 20.7. The van der Waals surface area contributed by atoms with Crippen LogP contribution in [0.2, 0.25) is 0 Å². The summed E-state index contributed by atoms with van der Waals surface area (Å²) in [5.74, 6) is -0.174. The van der Waals surface area contributed by atoms with Crippen LogP contribution in [0.15, 0.2) is 18.6 Å². The fourth-order valence-electron chi connectivity index (χ4n) is 3.30. The summed E-state index contributed by atoms with van der Waals surface area (Å²) >= 11 is 0. The fraction of sp³-hybridized carbons (Fsp3) is 0.714. The number of unbranched alkanes of at least 4 members (excludes halogenated alkanes) is 3. The van der Waals surface area contributed by atoms with Crippen molar-refractivity contribution in [3.63, 3.8) is 0 Å². The smallest absolute Gasteiger partial charge is 0.274 e. The number of carbonyl (C=O) groups is 2. The van der Waals surface area contributed by atoms with Gasteiger partial charge in [-0.15, -0.1) is 0 Å². The van der Waals surface area contributed by atoms with E-state index in [1.54, 1.807) is 11.1 Å². The molecule has 0 bridgehead atoms. The average Bonchev–Trinajstić information content (AvgIpc) is 2.77. The van der Waals surface area contributed by atoms with Crippen molar-refractivity contribution in [1.29, 1.82) is 0 Å². The first-order valence-electron chi connectivity index (χ1n) is 10.8. The maximum atomic E-state index is 12.7. The Morgan fingerprint density at radius 3 is 2.69 bits per heavy atom. The normalized spacial score (nSPS) is 14.5. The summed E-state index contributed by atoms with van der Waals surface area (Å²) < 4.78 is 5.34. The van der Waals surface area contributed by atoms with Gasteiger partial charge in [-0.1, -0.05) is 26.2 Å². The van der Waals surface area contributed by atoms with E-state index >= 15 is 0 Å². The van der Waals surface area contributed by atoms with Gasteiger partial charge in [-0.3, -0.25) is 19.5 Å². The van der Waals surface area contributed by atoms with Crippen molar-refractivity contribution in [2.24, 2.45) is 0 Å². The van der Waals surface area contributed by atoms with E-state index in [4.69, 9.17) is 4.74 Å². The average molecular weight is 406 g/mol. The quantitative estimate of drug-likeness (QED) is 0.503. The molecule has 1 aromatic heterocycles. The molecular formula is C21H35N5O3. The lowest BCUT2D eigenvalue weighted by Gasteiger charge is -2.26. The molecule has 0 aliphatic carbocycles. The lowest BCUT2D eigenvalue weighted by molar-refractivity contribution is -0.121. The molecule has 1 saturated heterocycles. The van der Waals surface area contributed by atoms with Gasteiger partial charge in [0.1, 0.15) is 5.69 Å². The molecule has 8 heteroatoms. The Hall–Kier alpha value is -2.06. The Morgan fingerprint density at radius 1 is 1.14 bits per heavy atom. The van der Waals surface area contributed by atoms with E-state index in [1.807, 2.05) is 0 Å². The van der Waals surface area contributed by atoms with Crippen LogP contribution in [0.4, 0.5) is 0 Å². The first-order chi connectivity index (χ1) is 14.2. The van der Waals surface area contributed by atoms with E-state index < -0.39 is 0 Å². The third-order valence-corrected chi connectivity index (χ3v) is 5.04. The van der Waals surface area contributed by atoms with Crippen LogP contribution in [-0.2, 0) is 9.53 Å². The highest BCUT2D eigenvalue weighted by atomic mass is 16.5. The predicted molar refractivity (Wildman–Crippen MR) is 112 cm³/mol. The van der Waals surface area contributed by atoms with Crippen LogP contribution in [0.25, 0.3) is 0 Å². The number of ether oxygens (including phenoxy) is 1. The summed E-state index contributed by atoms with van der Waals surface area (Å²) in [6.45, 7) is 8.34. The number of aromatic nitrogens is 2. The van der Waals surface area contributed by atoms with E-state index in [0.717, 1.165) is 65.0 Å². The van der Waals surface area contributed by atoms with Crippen LogP contribution in [0.3, 0.4) is 0 Å². The molecule has 162 valence electrons. The Morgan fingerprint density at radius 2 is 1.97 bits per heavy atom. The topological polar surface area (TPSA) is 87.7 Å². The van der Waals surface area contributed by atoms with Crippen molar-refractivity contribution < 1.29 is 14.3 Å². The summed E-state index contributed by atoms with van der Waals surface area (Å²) in [5, 5.41) is 2.97. The highest BCUT2D eigenvalue weighted by Crippen LogP contribution is 2.06. The van der Waals surface area contributed by atoms with Crippen LogP contribution in [0, 0.1) is 0 Å². The third-order valence-electron chi connectivity index (χ3n) is 5.04. The number of nitrogens with zero attached hydrogens (tertiary/aromatic N) is 4. The van der Waals surface area contributed by atoms with Crippen molar-refractivity contribution in [2.45, 2.75) is 45.4 Å².